The zero-order valence-electron chi connectivity index (χ0n) is 12.8. The molecule has 0 N–H and O–H groups in total. The lowest BCUT2D eigenvalue weighted by Crippen LogP contribution is -2.29. The van der Waals surface area contributed by atoms with Gasteiger partial charge >= 0.3 is 0 Å². The van der Waals surface area contributed by atoms with E-state index in [1.54, 1.807) is 26.4 Å². The maximum Gasteiger partial charge on any atom is 0.185 e. The lowest BCUT2D eigenvalue weighted by Gasteiger charge is -2.30. The van der Waals surface area contributed by atoms with Crippen LogP contribution in [-0.2, 0) is 4.79 Å². The SMILES string of the molecule is COc1cc(OC)c2c(c1)OC(c1ccccc1)C(=O)C2C. The number of fused-ring (bicyclic) bond motifs is 1. The van der Waals surface area contributed by atoms with E-state index in [1.807, 2.05) is 37.3 Å². The van der Waals surface area contributed by atoms with E-state index >= 15 is 0 Å². The van der Waals surface area contributed by atoms with Crippen LogP contribution in [0.3, 0.4) is 0 Å². The van der Waals surface area contributed by atoms with Crippen molar-refractivity contribution in [2.45, 2.75) is 18.9 Å². The molecule has 0 aliphatic carbocycles. The molecule has 114 valence electrons. The van der Waals surface area contributed by atoms with Crippen LogP contribution in [0.1, 0.15) is 30.1 Å². The van der Waals surface area contributed by atoms with E-state index in [1.165, 1.54) is 0 Å². The lowest BCUT2D eigenvalue weighted by atomic mass is 9.87. The smallest absolute Gasteiger partial charge is 0.185 e. The summed E-state index contributed by atoms with van der Waals surface area (Å²) >= 11 is 0. The van der Waals surface area contributed by atoms with Gasteiger partial charge in [-0.15, -0.1) is 0 Å². The van der Waals surface area contributed by atoms with Crippen LogP contribution in [0.5, 0.6) is 17.2 Å². The molecule has 1 aliphatic heterocycles. The van der Waals surface area contributed by atoms with Gasteiger partial charge in [0.25, 0.3) is 0 Å². The van der Waals surface area contributed by atoms with E-state index in [-0.39, 0.29) is 11.7 Å². The molecule has 2 aromatic carbocycles. The van der Waals surface area contributed by atoms with E-state index < -0.39 is 6.10 Å². The second kappa shape index (κ2) is 5.72. The maximum absolute atomic E-state index is 12.7. The Hall–Kier alpha value is -2.49. The van der Waals surface area contributed by atoms with Crippen molar-refractivity contribution in [2.24, 2.45) is 0 Å². The fourth-order valence-corrected chi connectivity index (χ4v) is 2.80. The molecule has 0 bridgehead atoms. The van der Waals surface area contributed by atoms with Crippen molar-refractivity contribution in [3.05, 3.63) is 53.6 Å². The minimum Gasteiger partial charge on any atom is -0.496 e. The van der Waals surface area contributed by atoms with Gasteiger partial charge in [-0.05, 0) is 5.56 Å². The molecule has 0 amide bonds. The normalized spacial score (nSPS) is 20.0. The Kier molecular flexibility index (Phi) is 3.75. The molecule has 0 spiro atoms. The number of hydrogen-bond acceptors (Lipinski definition) is 4. The minimum atomic E-state index is -0.597. The van der Waals surface area contributed by atoms with Gasteiger partial charge in [0, 0.05) is 17.7 Å². The third kappa shape index (κ3) is 2.30. The molecule has 2 atom stereocenters. The van der Waals surface area contributed by atoms with Crippen molar-refractivity contribution in [1.29, 1.82) is 0 Å². The van der Waals surface area contributed by atoms with Crippen molar-refractivity contribution in [3.63, 3.8) is 0 Å². The van der Waals surface area contributed by atoms with Crippen molar-refractivity contribution in [3.8, 4) is 17.2 Å². The summed E-state index contributed by atoms with van der Waals surface area (Å²) in [5.74, 6) is 1.62. The van der Waals surface area contributed by atoms with Crippen LogP contribution in [-0.4, -0.2) is 20.0 Å². The first-order chi connectivity index (χ1) is 10.7. The Balaban J connectivity index is 2.09. The van der Waals surface area contributed by atoms with Crippen LogP contribution in [0.15, 0.2) is 42.5 Å². The van der Waals surface area contributed by atoms with Crippen LogP contribution in [0.4, 0.5) is 0 Å². The summed E-state index contributed by atoms with van der Waals surface area (Å²) in [7, 11) is 3.17. The monoisotopic (exact) mass is 298 g/mol. The van der Waals surface area contributed by atoms with Crippen LogP contribution in [0.2, 0.25) is 0 Å². The number of carbonyl (C=O) groups is 1. The first-order valence-corrected chi connectivity index (χ1v) is 7.17. The Labute approximate surface area is 129 Å². The summed E-state index contributed by atoms with van der Waals surface area (Å²) in [5, 5.41) is 0. The molecule has 0 saturated heterocycles. The number of Topliss-reactive ketones (excluding diaryl/α,β-unsaturated/α-hetero) is 1. The highest BCUT2D eigenvalue weighted by atomic mass is 16.5. The lowest BCUT2D eigenvalue weighted by molar-refractivity contribution is -0.128. The van der Waals surface area contributed by atoms with Gasteiger partial charge in [0.1, 0.15) is 17.2 Å². The van der Waals surface area contributed by atoms with Gasteiger partial charge in [0.15, 0.2) is 11.9 Å². The molecule has 1 heterocycles. The molecule has 0 aromatic heterocycles. The Bertz CT molecular complexity index is 694. The van der Waals surface area contributed by atoms with Gasteiger partial charge in [0.2, 0.25) is 0 Å². The average Bonchev–Trinajstić information content (AvgIpc) is 2.57. The van der Waals surface area contributed by atoms with Gasteiger partial charge in [-0.1, -0.05) is 37.3 Å². The molecule has 1 aliphatic rings. The summed E-state index contributed by atoms with van der Waals surface area (Å²) < 4.78 is 16.7. The fourth-order valence-electron chi connectivity index (χ4n) is 2.80. The molecule has 2 unspecified atom stereocenters. The second-order valence-corrected chi connectivity index (χ2v) is 5.27. The summed E-state index contributed by atoms with van der Waals surface area (Å²) in [6.07, 6.45) is -0.597. The van der Waals surface area contributed by atoms with Crippen molar-refractivity contribution >= 4 is 5.78 Å². The molecule has 0 saturated carbocycles. The standard InChI is InChI=1S/C18H18O4/c1-11-16-14(21-3)9-13(20-2)10-15(16)22-18(17(11)19)12-7-5-4-6-8-12/h4-11,18H,1-3H3. The van der Waals surface area contributed by atoms with Crippen molar-refractivity contribution < 1.29 is 19.0 Å². The summed E-state index contributed by atoms with van der Waals surface area (Å²) in [6, 6.07) is 13.1. The Morgan fingerprint density at radius 2 is 1.77 bits per heavy atom. The van der Waals surface area contributed by atoms with Crippen molar-refractivity contribution in [2.75, 3.05) is 14.2 Å². The summed E-state index contributed by atoms with van der Waals surface area (Å²) in [6.45, 7) is 1.88. The third-order valence-corrected chi connectivity index (χ3v) is 4.00. The van der Waals surface area contributed by atoms with Crippen LogP contribution >= 0.6 is 0 Å². The zero-order chi connectivity index (χ0) is 15.7. The second-order valence-electron chi connectivity index (χ2n) is 5.27. The highest BCUT2D eigenvalue weighted by Crippen LogP contribution is 2.46. The quantitative estimate of drug-likeness (QED) is 0.870. The molecule has 0 fully saturated rings. The van der Waals surface area contributed by atoms with Gasteiger partial charge in [-0.3, -0.25) is 4.79 Å². The highest BCUT2D eigenvalue weighted by Gasteiger charge is 2.37. The van der Waals surface area contributed by atoms with Gasteiger partial charge in [-0.2, -0.15) is 0 Å². The average molecular weight is 298 g/mol. The van der Waals surface area contributed by atoms with E-state index in [4.69, 9.17) is 14.2 Å². The third-order valence-electron chi connectivity index (χ3n) is 4.00. The molecule has 3 rings (SSSR count). The predicted octanol–water partition coefficient (Wildman–Crippen LogP) is 3.51. The maximum atomic E-state index is 12.7. The van der Waals surface area contributed by atoms with Gasteiger partial charge < -0.3 is 14.2 Å². The molecule has 22 heavy (non-hydrogen) atoms. The van der Waals surface area contributed by atoms with Crippen molar-refractivity contribution in [1.82, 2.24) is 0 Å². The van der Waals surface area contributed by atoms with Gasteiger partial charge in [-0.25, -0.2) is 0 Å². The predicted molar refractivity (Wildman–Crippen MR) is 82.8 cm³/mol. The van der Waals surface area contributed by atoms with E-state index in [0.717, 1.165) is 11.1 Å². The number of hydrogen-bond donors (Lipinski definition) is 0. The number of rotatable bonds is 3. The van der Waals surface area contributed by atoms with Crippen LogP contribution in [0.25, 0.3) is 0 Å². The first-order valence-electron chi connectivity index (χ1n) is 7.17. The molecule has 2 aromatic rings. The largest absolute Gasteiger partial charge is 0.496 e. The first kappa shape index (κ1) is 14.4. The highest BCUT2D eigenvalue weighted by molar-refractivity contribution is 5.93. The molecule has 4 heteroatoms. The van der Waals surface area contributed by atoms with E-state index in [0.29, 0.717) is 17.2 Å². The minimum absolute atomic E-state index is 0.0298. The summed E-state index contributed by atoms with van der Waals surface area (Å²) in [5.41, 5.74) is 1.63. The van der Waals surface area contributed by atoms with Crippen LogP contribution < -0.4 is 14.2 Å². The number of ether oxygens (including phenoxy) is 3. The van der Waals surface area contributed by atoms with E-state index in [2.05, 4.69) is 0 Å². The molecule has 4 nitrogen and oxygen atoms in total. The zero-order valence-corrected chi connectivity index (χ0v) is 12.8. The molecular formula is C18H18O4. The van der Waals surface area contributed by atoms with Crippen LogP contribution in [0, 0.1) is 0 Å². The Morgan fingerprint density at radius 1 is 1.05 bits per heavy atom. The van der Waals surface area contributed by atoms with E-state index in [9.17, 15) is 4.79 Å². The van der Waals surface area contributed by atoms with Gasteiger partial charge in [0.05, 0.1) is 20.1 Å². The number of benzene rings is 2. The number of methoxy groups -OCH3 is 2. The topological polar surface area (TPSA) is 44.8 Å². The number of carbonyl (C=O) groups excluding carboxylic acids is 1. The fraction of sp³-hybridized carbons (Fsp3) is 0.278. The number of ketones is 1. The Morgan fingerprint density at radius 3 is 2.41 bits per heavy atom. The summed E-state index contributed by atoms with van der Waals surface area (Å²) in [4.78, 5) is 12.7. The molecular weight excluding hydrogens is 280 g/mol. The molecule has 0 radical (unpaired) electrons.